The summed E-state index contributed by atoms with van der Waals surface area (Å²) in [6.07, 6.45) is 0. The number of rotatable bonds is 4. The van der Waals surface area contributed by atoms with E-state index in [1.807, 2.05) is 43.3 Å². The number of benzene rings is 2. The van der Waals surface area contributed by atoms with Gasteiger partial charge in [0.05, 0.1) is 15.7 Å². The molecule has 0 amide bonds. The minimum atomic E-state index is 0.555. The van der Waals surface area contributed by atoms with Gasteiger partial charge < -0.3 is 5.32 Å². The summed E-state index contributed by atoms with van der Waals surface area (Å²) in [6, 6.07) is 13.5. The van der Waals surface area contributed by atoms with Crippen molar-refractivity contribution in [2.24, 2.45) is 0 Å². The minimum Gasteiger partial charge on any atom is -0.381 e. The van der Waals surface area contributed by atoms with Crippen LogP contribution < -0.4 is 5.32 Å². The van der Waals surface area contributed by atoms with E-state index in [0.29, 0.717) is 16.6 Å². The quantitative estimate of drug-likeness (QED) is 0.786. The van der Waals surface area contributed by atoms with Crippen LogP contribution in [-0.2, 0) is 6.54 Å². The van der Waals surface area contributed by atoms with E-state index in [1.165, 1.54) is 0 Å². The average molecular weight is 334 g/mol. The van der Waals surface area contributed by atoms with Gasteiger partial charge in [-0.2, -0.15) is 4.68 Å². The summed E-state index contributed by atoms with van der Waals surface area (Å²) >= 11 is 11.9. The number of aryl methyl sites for hydroxylation is 1. The molecule has 0 unspecified atom stereocenters. The number of aromatic nitrogens is 4. The second kappa shape index (κ2) is 6.34. The SMILES string of the molecule is Cc1nnnn1-c1cccc(NCc2ccc(Cl)c(Cl)c2)c1. The van der Waals surface area contributed by atoms with Gasteiger partial charge >= 0.3 is 0 Å². The Kier molecular flexibility index (Phi) is 4.27. The summed E-state index contributed by atoms with van der Waals surface area (Å²) < 4.78 is 1.68. The molecule has 0 radical (unpaired) electrons. The van der Waals surface area contributed by atoms with Crippen molar-refractivity contribution in [3.8, 4) is 5.69 Å². The topological polar surface area (TPSA) is 55.6 Å². The zero-order chi connectivity index (χ0) is 15.5. The molecule has 0 saturated carbocycles. The third kappa shape index (κ3) is 3.21. The third-order valence-corrected chi connectivity index (χ3v) is 3.94. The molecule has 0 aliphatic rings. The van der Waals surface area contributed by atoms with Gasteiger partial charge in [-0.3, -0.25) is 0 Å². The highest BCUT2D eigenvalue weighted by Gasteiger charge is 2.04. The molecule has 3 rings (SSSR count). The highest BCUT2D eigenvalue weighted by atomic mass is 35.5. The molecule has 0 aliphatic heterocycles. The minimum absolute atomic E-state index is 0.555. The van der Waals surface area contributed by atoms with E-state index in [0.717, 1.165) is 22.8 Å². The van der Waals surface area contributed by atoms with Crippen LogP contribution in [0.4, 0.5) is 5.69 Å². The van der Waals surface area contributed by atoms with Crippen molar-refractivity contribution < 1.29 is 0 Å². The highest BCUT2D eigenvalue weighted by Crippen LogP contribution is 2.23. The maximum absolute atomic E-state index is 6.02. The molecular weight excluding hydrogens is 321 g/mol. The van der Waals surface area contributed by atoms with E-state index in [2.05, 4.69) is 20.8 Å². The van der Waals surface area contributed by atoms with Crippen LogP contribution in [0.1, 0.15) is 11.4 Å². The fourth-order valence-corrected chi connectivity index (χ4v) is 2.39. The van der Waals surface area contributed by atoms with Crippen LogP contribution in [0.5, 0.6) is 0 Å². The highest BCUT2D eigenvalue weighted by molar-refractivity contribution is 6.42. The van der Waals surface area contributed by atoms with E-state index < -0.39 is 0 Å². The molecule has 0 aliphatic carbocycles. The second-order valence-electron chi connectivity index (χ2n) is 4.79. The Labute approximate surface area is 137 Å². The lowest BCUT2D eigenvalue weighted by Crippen LogP contribution is -2.03. The smallest absolute Gasteiger partial charge is 0.153 e. The molecule has 7 heteroatoms. The molecule has 1 heterocycles. The van der Waals surface area contributed by atoms with Crippen LogP contribution in [-0.4, -0.2) is 20.2 Å². The molecule has 112 valence electrons. The summed E-state index contributed by atoms with van der Waals surface area (Å²) in [6.45, 7) is 2.50. The van der Waals surface area contributed by atoms with Crippen LogP contribution in [0, 0.1) is 6.92 Å². The van der Waals surface area contributed by atoms with Crippen LogP contribution in [0.2, 0.25) is 10.0 Å². The fraction of sp³-hybridized carbons (Fsp3) is 0.133. The maximum atomic E-state index is 6.02. The molecular formula is C15H13Cl2N5. The zero-order valence-electron chi connectivity index (χ0n) is 11.8. The normalized spacial score (nSPS) is 10.7. The van der Waals surface area contributed by atoms with E-state index in [9.17, 15) is 0 Å². The van der Waals surface area contributed by atoms with Crippen LogP contribution in [0.15, 0.2) is 42.5 Å². The molecule has 1 aromatic heterocycles. The molecule has 1 N–H and O–H groups in total. The molecule has 3 aromatic rings. The largest absolute Gasteiger partial charge is 0.381 e. The van der Waals surface area contributed by atoms with Gasteiger partial charge in [0.2, 0.25) is 0 Å². The summed E-state index contributed by atoms with van der Waals surface area (Å²) in [5.74, 6) is 0.738. The maximum Gasteiger partial charge on any atom is 0.153 e. The molecule has 0 saturated heterocycles. The van der Waals surface area contributed by atoms with Gasteiger partial charge in [-0.25, -0.2) is 0 Å². The third-order valence-electron chi connectivity index (χ3n) is 3.20. The lowest BCUT2D eigenvalue weighted by molar-refractivity contribution is 0.779. The van der Waals surface area contributed by atoms with Gasteiger partial charge in [0.15, 0.2) is 5.82 Å². The predicted octanol–water partition coefficient (Wildman–Crippen LogP) is 3.89. The molecule has 22 heavy (non-hydrogen) atoms. The Morgan fingerprint density at radius 2 is 1.95 bits per heavy atom. The number of anilines is 1. The first-order valence-electron chi connectivity index (χ1n) is 6.67. The monoisotopic (exact) mass is 333 g/mol. The summed E-state index contributed by atoms with van der Waals surface area (Å²) in [4.78, 5) is 0. The Morgan fingerprint density at radius 3 is 2.68 bits per heavy atom. The van der Waals surface area contributed by atoms with Crippen molar-refractivity contribution in [2.75, 3.05) is 5.32 Å². The van der Waals surface area contributed by atoms with Crippen LogP contribution in [0.3, 0.4) is 0 Å². The van der Waals surface area contributed by atoms with E-state index in [4.69, 9.17) is 23.2 Å². The number of hydrogen-bond donors (Lipinski definition) is 1. The van der Waals surface area contributed by atoms with Gasteiger partial charge in [0.1, 0.15) is 0 Å². The van der Waals surface area contributed by atoms with Crippen molar-refractivity contribution in [1.82, 2.24) is 20.2 Å². The standard InChI is InChI=1S/C15H13Cl2N5/c1-10-19-20-21-22(10)13-4-2-3-12(8-13)18-9-11-5-6-14(16)15(17)7-11/h2-8,18H,9H2,1H3. The first-order chi connectivity index (χ1) is 10.6. The van der Waals surface area contributed by atoms with E-state index in [1.54, 1.807) is 10.7 Å². The Balaban J connectivity index is 1.76. The molecule has 0 atom stereocenters. The average Bonchev–Trinajstić information content (AvgIpc) is 2.95. The first-order valence-corrected chi connectivity index (χ1v) is 7.42. The Morgan fingerprint density at radius 1 is 1.09 bits per heavy atom. The first kappa shape index (κ1) is 14.8. The lowest BCUT2D eigenvalue weighted by Gasteiger charge is -2.09. The molecule has 2 aromatic carbocycles. The van der Waals surface area contributed by atoms with Gasteiger partial charge in [-0.1, -0.05) is 35.3 Å². The summed E-state index contributed by atoms with van der Waals surface area (Å²) in [7, 11) is 0. The molecule has 0 bridgehead atoms. The fourth-order valence-electron chi connectivity index (χ4n) is 2.07. The van der Waals surface area contributed by atoms with Gasteiger partial charge in [0, 0.05) is 12.2 Å². The molecule has 0 fully saturated rings. The number of halogens is 2. The van der Waals surface area contributed by atoms with Crippen molar-refractivity contribution in [1.29, 1.82) is 0 Å². The number of nitrogens with zero attached hydrogens (tertiary/aromatic N) is 4. The van der Waals surface area contributed by atoms with Crippen LogP contribution in [0.25, 0.3) is 5.69 Å². The van der Waals surface area contributed by atoms with E-state index in [-0.39, 0.29) is 0 Å². The zero-order valence-corrected chi connectivity index (χ0v) is 13.3. The van der Waals surface area contributed by atoms with Crippen molar-refractivity contribution in [3.05, 3.63) is 63.9 Å². The van der Waals surface area contributed by atoms with Crippen molar-refractivity contribution >= 4 is 28.9 Å². The van der Waals surface area contributed by atoms with Gasteiger partial charge in [0.25, 0.3) is 0 Å². The summed E-state index contributed by atoms with van der Waals surface area (Å²) in [5.41, 5.74) is 2.93. The second-order valence-corrected chi connectivity index (χ2v) is 5.60. The van der Waals surface area contributed by atoms with Crippen LogP contribution >= 0.6 is 23.2 Å². The number of hydrogen-bond acceptors (Lipinski definition) is 4. The van der Waals surface area contributed by atoms with Gasteiger partial charge in [-0.05, 0) is 53.2 Å². The predicted molar refractivity (Wildman–Crippen MR) is 87.7 cm³/mol. The van der Waals surface area contributed by atoms with Crippen molar-refractivity contribution in [3.63, 3.8) is 0 Å². The Hall–Kier alpha value is -2.11. The van der Waals surface area contributed by atoms with E-state index >= 15 is 0 Å². The summed E-state index contributed by atoms with van der Waals surface area (Å²) in [5, 5.41) is 16.0. The molecule has 5 nitrogen and oxygen atoms in total. The lowest BCUT2D eigenvalue weighted by atomic mass is 10.2. The molecule has 0 spiro atoms. The number of nitrogens with one attached hydrogen (secondary N) is 1. The Bertz CT molecular complexity index is 800. The van der Waals surface area contributed by atoms with Gasteiger partial charge in [-0.15, -0.1) is 5.10 Å². The van der Waals surface area contributed by atoms with Crippen molar-refractivity contribution in [2.45, 2.75) is 13.5 Å². The number of tetrazole rings is 1.